The van der Waals surface area contributed by atoms with E-state index in [-0.39, 0.29) is 5.54 Å². The molecule has 7 heteroatoms. The summed E-state index contributed by atoms with van der Waals surface area (Å²) in [7, 11) is 1.69. The molecule has 1 aliphatic rings. The number of para-hydroxylation sites is 2. The van der Waals surface area contributed by atoms with Gasteiger partial charge >= 0.3 is 0 Å². The molecule has 0 aliphatic heterocycles. The molecule has 1 N–H and O–H groups in total. The molecule has 0 amide bonds. The molecule has 1 aromatic heterocycles. The van der Waals surface area contributed by atoms with Gasteiger partial charge in [0.25, 0.3) is 0 Å². The van der Waals surface area contributed by atoms with Crippen LogP contribution in [0.15, 0.2) is 42.5 Å². The van der Waals surface area contributed by atoms with Crippen LogP contribution in [-0.4, -0.2) is 27.3 Å². The van der Waals surface area contributed by atoms with E-state index in [1.165, 1.54) is 6.42 Å². The van der Waals surface area contributed by atoms with Gasteiger partial charge in [0.15, 0.2) is 5.82 Å². The van der Waals surface area contributed by atoms with Crippen LogP contribution in [0.3, 0.4) is 0 Å². The minimum atomic E-state index is -0.370. The molecule has 0 radical (unpaired) electrons. The van der Waals surface area contributed by atoms with Crippen LogP contribution in [0.4, 0.5) is 5.69 Å². The first-order valence-electron chi connectivity index (χ1n) is 9.60. The van der Waals surface area contributed by atoms with Crippen LogP contribution in [0.25, 0.3) is 5.69 Å². The van der Waals surface area contributed by atoms with Crippen molar-refractivity contribution in [1.29, 1.82) is 0 Å². The van der Waals surface area contributed by atoms with Crippen molar-refractivity contribution in [2.24, 2.45) is 0 Å². The number of anilines is 1. The lowest BCUT2D eigenvalue weighted by Crippen LogP contribution is -2.40. The van der Waals surface area contributed by atoms with Gasteiger partial charge in [-0.3, -0.25) is 0 Å². The van der Waals surface area contributed by atoms with E-state index in [0.29, 0.717) is 5.02 Å². The van der Waals surface area contributed by atoms with Crippen molar-refractivity contribution in [3.8, 4) is 11.4 Å². The lowest BCUT2D eigenvalue weighted by Gasteiger charge is -2.38. The Kier molecular flexibility index (Phi) is 5.22. The van der Waals surface area contributed by atoms with E-state index < -0.39 is 0 Å². The van der Waals surface area contributed by atoms with Crippen molar-refractivity contribution in [2.75, 3.05) is 12.4 Å². The van der Waals surface area contributed by atoms with E-state index in [4.69, 9.17) is 16.3 Å². The summed E-state index contributed by atoms with van der Waals surface area (Å²) in [5.41, 5.74) is 2.44. The number of rotatable bonds is 5. The van der Waals surface area contributed by atoms with Gasteiger partial charge in [0.2, 0.25) is 0 Å². The van der Waals surface area contributed by atoms with Gasteiger partial charge in [0, 0.05) is 5.02 Å². The largest absolute Gasteiger partial charge is 0.495 e. The molecule has 6 nitrogen and oxygen atoms in total. The monoisotopic (exact) mass is 397 g/mol. The minimum Gasteiger partial charge on any atom is -0.495 e. The highest BCUT2D eigenvalue weighted by atomic mass is 35.5. The lowest BCUT2D eigenvalue weighted by molar-refractivity contribution is 0.307. The summed E-state index contributed by atoms with van der Waals surface area (Å²) in [5, 5.41) is 17.2. The Bertz CT molecular complexity index is 965. The zero-order valence-corrected chi connectivity index (χ0v) is 16.9. The van der Waals surface area contributed by atoms with Gasteiger partial charge in [-0.2, -0.15) is 4.68 Å². The van der Waals surface area contributed by atoms with E-state index in [9.17, 15) is 0 Å². The zero-order chi connectivity index (χ0) is 19.6. The topological polar surface area (TPSA) is 64.9 Å². The first-order valence-corrected chi connectivity index (χ1v) is 9.98. The SMILES string of the molecule is COc1ccccc1NC1(c2nnnn2-c2cccc(Cl)c2C)CCCCC1. The van der Waals surface area contributed by atoms with Crippen LogP contribution in [0.2, 0.25) is 5.02 Å². The number of ether oxygens (including phenoxy) is 1. The van der Waals surface area contributed by atoms with Gasteiger partial charge in [-0.15, -0.1) is 5.10 Å². The number of hydrogen-bond donors (Lipinski definition) is 1. The van der Waals surface area contributed by atoms with Crippen molar-refractivity contribution in [2.45, 2.75) is 44.6 Å². The standard InChI is InChI=1S/C21H24ClN5O/c1-15-16(22)9-8-11-18(15)27-20(24-25-26-27)21(13-6-3-7-14-21)23-17-10-4-5-12-19(17)28-2/h4-5,8-12,23H,3,6-7,13-14H2,1-2H3. The molecular weight excluding hydrogens is 374 g/mol. The maximum Gasteiger partial charge on any atom is 0.181 e. The van der Waals surface area contributed by atoms with E-state index in [1.807, 2.05) is 54.1 Å². The molecule has 1 heterocycles. The molecule has 0 atom stereocenters. The third kappa shape index (κ3) is 3.33. The average Bonchev–Trinajstić information content (AvgIpc) is 3.21. The number of tetrazole rings is 1. The average molecular weight is 398 g/mol. The Morgan fingerprint density at radius 1 is 1.07 bits per heavy atom. The molecule has 0 saturated heterocycles. The molecular formula is C21H24ClN5O. The number of halogens is 1. The number of nitrogens with zero attached hydrogens (tertiary/aromatic N) is 4. The lowest BCUT2D eigenvalue weighted by atomic mass is 9.80. The molecule has 0 unspecified atom stereocenters. The van der Waals surface area contributed by atoms with Gasteiger partial charge in [-0.25, -0.2) is 0 Å². The van der Waals surface area contributed by atoms with Crippen LogP contribution < -0.4 is 10.1 Å². The quantitative estimate of drug-likeness (QED) is 0.663. The summed E-state index contributed by atoms with van der Waals surface area (Å²) < 4.78 is 7.39. The fourth-order valence-corrected chi connectivity index (χ4v) is 4.21. The summed E-state index contributed by atoms with van der Waals surface area (Å²) in [6.45, 7) is 1.99. The van der Waals surface area contributed by atoms with Gasteiger partial charge in [-0.05, 0) is 60.0 Å². The van der Waals surface area contributed by atoms with Crippen LogP contribution >= 0.6 is 11.6 Å². The Hall–Kier alpha value is -2.60. The number of methoxy groups -OCH3 is 1. The van der Waals surface area contributed by atoms with Gasteiger partial charge < -0.3 is 10.1 Å². The van der Waals surface area contributed by atoms with Gasteiger partial charge in [-0.1, -0.05) is 49.1 Å². The van der Waals surface area contributed by atoms with Gasteiger partial charge in [0.05, 0.1) is 24.0 Å². The van der Waals surface area contributed by atoms with E-state index in [0.717, 1.165) is 54.2 Å². The molecule has 0 spiro atoms. The Balaban J connectivity index is 1.82. The highest BCUT2D eigenvalue weighted by Crippen LogP contribution is 2.41. The number of benzene rings is 2. The fourth-order valence-electron chi connectivity index (χ4n) is 4.04. The highest BCUT2D eigenvalue weighted by molar-refractivity contribution is 6.31. The van der Waals surface area contributed by atoms with E-state index in [1.54, 1.807) is 7.11 Å². The van der Waals surface area contributed by atoms with Crippen molar-refractivity contribution >= 4 is 17.3 Å². The predicted molar refractivity (Wildman–Crippen MR) is 110 cm³/mol. The first kappa shape index (κ1) is 18.7. The Labute approximate surface area is 169 Å². The Morgan fingerprint density at radius 3 is 2.64 bits per heavy atom. The van der Waals surface area contributed by atoms with Crippen LogP contribution in [0.1, 0.15) is 43.5 Å². The predicted octanol–water partition coefficient (Wildman–Crippen LogP) is 4.90. The Morgan fingerprint density at radius 2 is 1.86 bits per heavy atom. The molecule has 28 heavy (non-hydrogen) atoms. The van der Waals surface area contributed by atoms with Crippen molar-refractivity contribution in [3.63, 3.8) is 0 Å². The second kappa shape index (κ2) is 7.80. The van der Waals surface area contributed by atoms with Crippen molar-refractivity contribution in [3.05, 3.63) is 58.9 Å². The highest BCUT2D eigenvalue weighted by Gasteiger charge is 2.40. The smallest absolute Gasteiger partial charge is 0.181 e. The summed E-state index contributed by atoms with van der Waals surface area (Å²) in [6.07, 6.45) is 5.34. The third-order valence-electron chi connectivity index (χ3n) is 5.55. The minimum absolute atomic E-state index is 0.370. The maximum atomic E-state index is 6.36. The molecule has 4 rings (SSSR count). The maximum absolute atomic E-state index is 6.36. The molecule has 1 aliphatic carbocycles. The van der Waals surface area contributed by atoms with Crippen molar-refractivity contribution < 1.29 is 4.74 Å². The molecule has 0 bridgehead atoms. The summed E-state index contributed by atoms with van der Waals surface area (Å²) in [4.78, 5) is 0. The van der Waals surface area contributed by atoms with Crippen LogP contribution in [-0.2, 0) is 5.54 Å². The van der Waals surface area contributed by atoms with E-state index in [2.05, 4.69) is 20.8 Å². The molecule has 3 aromatic rings. The number of hydrogen-bond acceptors (Lipinski definition) is 5. The second-order valence-electron chi connectivity index (χ2n) is 7.27. The zero-order valence-electron chi connectivity index (χ0n) is 16.2. The summed E-state index contributed by atoms with van der Waals surface area (Å²) >= 11 is 6.36. The summed E-state index contributed by atoms with van der Waals surface area (Å²) in [6, 6.07) is 13.8. The second-order valence-corrected chi connectivity index (χ2v) is 7.67. The normalized spacial score (nSPS) is 16.0. The molecule has 146 valence electrons. The van der Waals surface area contributed by atoms with E-state index >= 15 is 0 Å². The molecule has 2 aromatic carbocycles. The van der Waals surface area contributed by atoms with Gasteiger partial charge in [0.1, 0.15) is 5.75 Å². The van der Waals surface area contributed by atoms with Crippen LogP contribution in [0, 0.1) is 6.92 Å². The number of nitrogens with one attached hydrogen (secondary N) is 1. The summed E-state index contributed by atoms with van der Waals surface area (Å²) in [5.74, 6) is 1.62. The first-order chi connectivity index (χ1) is 13.6. The van der Waals surface area contributed by atoms with Crippen molar-refractivity contribution in [1.82, 2.24) is 20.2 Å². The number of aromatic nitrogens is 4. The third-order valence-corrected chi connectivity index (χ3v) is 5.96. The molecule has 1 fully saturated rings. The molecule has 1 saturated carbocycles. The van der Waals surface area contributed by atoms with Crippen LogP contribution in [0.5, 0.6) is 5.75 Å². The fraction of sp³-hybridized carbons (Fsp3) is 0.381.